The maximum absolute atomic E-state index is 9.86. The molecule has 1 rings (SSSR count). The number of aliphatic hydroxyl groups excluding tert-OH is 4. The Morgan fingerprint density at radius 3 is 2.36 bits per heavy atom. The Morgan fingerprint density at radius 2 is 1.73 bits per heavy atom. The van der Waals surface area contributed by atoms with E-state index in [1.54, 1.807) is 0 Å². The number of aliphatic hydroxyl groups is 4. The summed E-state index contributed by atoms with van der Waals surface area (Å²) >= 11 is 5.09. The molecule has 1 saturated heterocycles. The fraction of sp³-hybridized carbons (Fsp3) is 0.923. The topological polar surface area (TPSA) is 140 Å². The minimum absolute atomic E-state index is 0.281. The van der Waals surface area contributed by atoms with Gasteiger partial charge in [-0.15, -0.1) is 0 Å². The standard InChI is InChI=1S/C13H27N3O5S/c14-5-3-1-2-4-6-15-13(22)16-12-11(20)10(19)9(18)8(7-17)21-12/h8-12,17-20H,1-7,14H2,(H2,15,16,22)/t8-,9-,10+,11-,12-/m1/s1. The van der Waals surface area contributed by atoms with E-state index >= 15 is 0 Å². The van der Waals surface area contributed by atoms with E-state index in [0.29, 0.717) is 13.1 Å². The van der Waals surface area contributed by atoms with E-state index in [0.717, 1.165) is 25.7 Å². The van der Waals surface area contributed by atoms with Crippen LogP contribution < -0.4 is 16.4 Å². The fourth-order valence-corrected chi connectivity index (χ4v) is 2.44. The highest BCUT2D eigenvalue weighted by atomic mass is 32.1. The maximum atomic E-state index is 9.86. The summed E-state index contributed by atoms with van der Waals surface area (Å²) in [7, 11) is 0. The maximum Gasteiger partial charge on any atom is 0.168 e. The van der Waals surface area contributed by atoms with Crippen molar-refractivity contribution in [1.29, 1.82) is 0 Å². The quantitative estimate of drug-likeness (QED) is 0.194. The van der Waals surface area contributed by atoms with Crippen LogP contribution in [0.4, 0.5) is 0 Å². The van der Waals surface area contributed by atoms with Crippen LogP contribution in [0.5, 0.6) is 0 Å². The summed E-state index contributed by atoms with van der Waals surface area (Å²) in [4.78, 5) is 0. The van der Waals surface area contributed by atoms with Crippen LogP contribution in [0.1, 0.15) is 25.7 Å². The number of unbranched alkanes of at least 4 members (excludes halogenated alkanes) is 3. The van der Waals surface area contributed by atoms with Crippen LogP contribution in [0.3, 0.4) is 0 Å². The molecule has 0 unspecified atom stereocenters. The molecule has 1 aliphatic rings. The summed E-state index contributed by atoms with van der Waals surface area (Å²) in [5, 5.41) is 44.3. The lowest BCUT2D eigenvalue weighted by Crippen LogP contribution is -2.64. The lowest BCUT2D eigenvalue weighted by Gasteiger charge is -2.40. The van der Waals surface area contributed by atoms with E-state index in [-0.39, 0.29) is 5.11 Å². The third-order valence-corrected chi connectivity index (χ3v) is 3.84. The first-order chi connectivity index (χ1) is 10.5. The predicted octanol–water partition coefficient (Wildman–Crippen LogP) is -2.23. The van der Waals surface area contributed by atoms with Crippen LogP contribution in [-0.4, -0.2) is 75.9 Å². The van der Waals surface area contributed by atoms with Crippen molar-refractivity contribution in [3.05, 3.63) is 0 Å². The normalized spacial score (nSPS) is 31.8. The van der Waals surface area contributed by atoms with Gasteiger partial charge in [0.05, 0.1) is 6.61 Å². The van der Waals surface area contributed by atoms with E-state index in [4.69, 9.17) is 27.8 Å². The van der Waals surface area contributed by atoms with Crippen molar-refractivity contribution >= 4 is 17.3 Å². The van der Waals surface area contributed by atoms with Crippen LogP contribution >= 0.6 is 12.2 Å². The summed E-state index contributed by atoms with van der Waals surface area (Å²) in [6.45, 7) is 0.906. The zero-order chi connectivity index (χ0) is 16.5. The van der Waals surface area contributed by atoms with Crippen LogP contribution in [0, 0.1) is 0 Å². The second kappa shape index (κ2) is 10.3. The molecule has 0 aromatic heterocycles. The number of ether oxygens (including phenoxy) is 1. The van der Waals surface area contributed by atoms with Gasteiger partial charge in [0, 0.05) is 6.54 Å². The number of hydrogen-bond donors (Lipinski definition) is 7. The van der Waals surface area contributed by atoms with E-state index in [9.17, 15) is 15.3 Å². The average molecular weight is 337 g/mol. The first-order valence-electron chi connectivity index (χ1n) is 7.56. The molecule has 0 amide bonds. The molecule has 8 N–H and O–H groups in total. The van der Waals surface area contributed by atoms with Gasteiger partial charge < -0.3 is 41.5 Å². The van der Waals surface area contributed by atoms with Crippen LogP contribution in [-0.2, 0) is 4.74 Å². The third-order valence-electron chi connectivity index (χ3n) is 3.58. The van der Waals surface area contributed by atoms with Gasteiger partial charge in [0.1, 0.15) is 24.4 Å². The van der Waals surface area contributed by atoms with Gasteiger partial charge in [-0.25, -0.2) is 0 Å². The molecule has 0 aliphatic carbocycles. The van der Waals surface area contributed by atoms with Crippen molar-refractivity contribution in [2.75, 3.05) is 19.7 Å². The highest BCUT2D eigenvalue weighted by Crippen LogP contribution is 2.19. The van der Waals surface area contributed by atoms with Crippen molar-refractivity contribution in [1.82, 2.24) is 10.6 Å². The Balaban J connectivity index is 2.30. The molecule has 8 nitrogen and oxygen atoms in total. The summed E-state index contributed by atoms with van der Waals surface area (Å²) in [6.07, 6.45) is -2.00. The number of thiocarbonyl (C=S) groups is 1. The van der Waals surface area contributed by atoms with E-state index < -0.39 is 37.3 Å². The second-order valence-corrected chi connectivity index (χ2v) is 5.76. The molecule has 1 fully saturated rings. The van der Waals surface area contributed by atoms with Crippen molar-refractivity contribution in [3.8, 4) is 0 Å². The Kier molecular flexibility index (Phi) is 9.10. The first-order valence-corrected chi connectivity index (χ1v) is 7.97. The molecule has 5 atom stereocenters. The van der Waals surface area contributed by atoms with E-state index in [2.05, 4.69) is 10.6 Å². The molecule has 0 aromatic carbocycles. The molecule has 0 bridgehead atoms. The minimum Gasteiger partial charge on any atom is -0.394 e. The molecule has 22 heavy (non-hydrogen) atoms. The van der Waals surface area contributed by atoms with Gasteiger partial charge in [-0.05, 0) is 31.6 Å². The molecule has 9 heteroatoms. The smallest absolute Gasteiger partial charge is 0.168 e. The largest absolute Gasteiger partial charge is 0.394 e. The molecule has 0 spiro atoms. The highest BCUT2D eigenvalue weighted by Gasteiger charge is 2.43. The Morgan fingerprint density at radius 1 is 1.05 bits per heavy atom. The summed E-state index contributed by atoms with van der Waals surface area (Å²) < 4.78 is 5.30. The second-order valence-electron chi connectivity index (χ2n) is 5.35. The molecular weight excluding hydrogens is 310 g/mol. The molecule has 0 radical (unpaired) electrons. The van der Waals surface area contributed by atoms with Crippen molar-refractivity contribution in [2.24, 2.45) is 5.73 Å². The molecule has 0 saturated carbocycles. The summed E-state index contributed by atoms with van der Waals surface area (Å²) in [5.41, 5.74) is 5.41. The summed E-state index contributed by atoms with van der Waals surface area (Å²) in [6, 6.07) is 0. The van der Waals surface area contributed by atoms with Crippen molar-refractivity contribution < 1.29 is 25.2 Å². The van der Waals surface area contributed by atoms with Gasteiger partial charge in [-0.1, -0.05) is 12.8 Å². The lowest BCUT2D eigenvalue weighted by molar-refractivity contribution is -0.232. The SMILES string of the molecule is NCCCCCCNC(=S)N[C@@H]1O[C@H](CO)[C@@H](O)[C@H](O)[C@H]1O. The monoisotopic (exact) mass is 337 g/mol. The zero-order valence-electron chi connectivity index (χ0n) is 12.5. The van der Waals surface area contributed by atoms with Crippen LogP contribution in [0.2, 0.25) is 0 Å². The van der Waals surface area contributed by atoms with Gasteiger partial charge in [0.25, 0.3) is 0 Å². The Hall–Kier alpha value is -0.550. The fourth-order valence-electron chi connectivity index (χ4n) is 2.23. The number of rotatable bonds is 8. The van der Waals surface area contributed by atoms with Crippen molar-refractivity contribution in [2.45, 2.75) is 56.3 Å². The number of nitrogens with two attached hydrogens (primary N) is 1. The first kappa shape index (κ1) is 19.5. The van der Waals surface area contributed by atoms with E-state index in [1.807, 2.05) is 0 Å². The van der Waals surface area contributed by atoms with Gasteiger partial charge in [0.15, 0.2) is 11.3 Å². The van der Waals surface area contributed by atoms with Gasteiger partial charge >= 0.3 is 0 Å². The van der Waals surface area contributed by atoms with Gasteiger partial charge in [-0.3, -0.25) is 0 Å². The zero-order valence-corrected chi connectivity index (χ0v) is 13.3. The molecule has 1 heterocycles. The average Bonchev–Trinajstić information content (AvgIpc) is 2.51. The molecular formula is C13H27N3O5S. The van der Waals surface area contributed by atoms with E-state index in [1.165, 1.54) is 0 Å². The minimum atomic E-state index is -1.41. The molecule has 130 valence electrons. The predicted molar refractivity (Wildman–Crippen MR) is 85.0 cm³/mol. The van der Waals surface area contributed by atoms with Crippen LogP contribution in [0.25, 0.3) is 0 Å². The molecule has 0 aromatic rings. The van der Waals surface area contributed by atoms with Gasteiger partial charge in [0.2, 0.25) is 0 Å². The number of nitrogens with one attached hydrogen (secondary N) is 2. The van der Waals surface area contributed by atoms with Crippen molar-refractivity contribution in [3.63, 3.8) is 0 Å². The summed E-state index contributed by atoms with van der Waals surface area (Å²) in [5.74, 6) is 0. The highest BCUT2D eigenvalue weighted by molar-refractivity contribution is 7.80. The van der Waals surface area contributed by atoms with Crippen LogP contribution in [0.15, 0.2) is 0 Å². The number of hydrogen-bond acceptors (Lipinski definition) is 7. The lowest BCUT2D eigenvalue weighted by atomic mass is 9.98. The van der Waals surface area contributed by atoms with Gasteiger partial charge in [-0.2, -0.15) is 0 Å². The third kappa shape index (κ3) is 5.92. The Bertz CT molecular complexity index is 335. The molecule has 1 aliphatic heterocycles. The Labute approximate surface area is 135 Å².